The topological polar surface area (TPSA) is 99.0 Å². The van der Waals surface area contributed by atoms with Crippen molar-refractivity contribution in [3.63, 3.8) is 0 Å². The minimum Gasteiger partial charge on any atom is -0.508 e. The van der Waals surface area contributed by atoms with Gasteiger partial charge < -0.3 is 10.2 Å². The molecule has 0 aromatic heterocycles. The zero-order chi connectivity index (χ0) is 18.8. The van der Waals surface area contributed by atoms with Crippen LogP contribution in [0.15, 0.2) is 52.5 Å². The van der Waals surface area contributed by atoms with E-state index in [2.05, 4.69) is 9.93 Å². The second-order valence-corrected chi connectivity index (χ2v) is 8.43. The van der Waals surface area contributed by atoms with Crippen molar-refractivity contribution >= 4 is 15.7 Å². The van der Waals surface area contributed by atoms with Crippen molar-refractivity contribution in [1.82, 2.24) is 4.83 Å². The molecule has 2 aromatic carbocycles. The summed E-state index contributed by atoms with van der Waals surface area (Å²) in [6.07, 6.45) is 0. The Morgan fingerprint density at radius 1 is 1.04 bits per heavy atom. The molecule has 3 N–H and O–H groups in total. The number of hydrazone groups is 1. The molecule has 0 aliphatic carbocycles. The van der Waals surface area contributed by atoms with E-state index in [0.29, 0.717) is 0 Å². The number of hydrogen-bond donors (Lipinski definition) is 3. The van der Waals surface area contributed by atoms with E-state index in [-0.39, 0.29) is 33.1 Å². The molecule has 0 heterocycles. The molecule has 0 saturated carbocycles. The third kappa shape index (κ3) is 4.51. The quantitative estimate of drug-likeness (QED) is 0.442. The molecule has 0 saturated heterocycles. The monoisotopic (exact) mass is 362 g/mol. The fourth-order valence-electron chi connectivity index (χ4n) is 2.19. The van der Waals surface area contributed by atoms with Crippen molar-refractivity contribution in [1.29, 1.82) is 0 Å². The van der Waals surface area contributed by atoms with Gasteiger partial charge in [-0.25, -0.2) is 0 Å². The Morgan fingerprint density at radius 2 is 1.64 bits per heavy atom. The number of phenolic OH excluding ortho intramolecular Hbond substituents is 2. The van der Waals surface area contributed by atoms with Crippen molar-refractivity contribution < 1.29 is 18.6 Å². The van der Waals surface area contributed by atoms with Crippen molar-refractivity contribution in [2.24, 2.45) is 5.10 Å². The van der Waals surface area contributed by atoms with Crippen LogP contribution in [0.2, 0.25) is 0 Å². The minimum atomic E-state index is -3.83. The lowest BCUT2D eigenvalue weighted by Crippen LogP contribution is -2.20. The van der Waals surface area contributed by atoms with Gasteiger partial charge in [-0.3, -0.25) is 0 Å². The summed E-state index contributed by atoms with van der Waals surface area (Å²) in [6, 6.07) is 10.5. The molecule has 25 heavy (non-hydrogen) atoms. The Kier molecular flexibility index (Phi) is 5.08. The summed E-state index contributed by atoms with van der Waals surface area (Å²) in [5.41, 5.74) is 1.42. The molecule has 0 aliphatic rings. The van der Waals surface area contributed by atoms with E-state index in [1.807, 2.05) is 20.8 Å². The molecular weight excluding hydrogens is 340 g/mol. The normalized spacial score (nSPS) is 12.9. The van der Waals surface area contributed by atoms with Crippen molar-refractivity contribution in [2.45, 2.75) is 38.0 Å². The third-order valence-electron chi connectivity index (χ3n) is 3.73. The van der Waals surface area contributed by atoms with Crippen LogP contribution in [0, 0.1) is 0 Å². The Balaban J connectivity index is 2.25. The van der Waals surface area contributed by atoms with E-state index in [1.165, 1.54) is 37.3 Å². The second kappa shape index (κ2) is 6.76. The first kappa shape index (κ1) is 18.8. The number of rotatable bonds is 4. The van der Waals surface area contributed by atoms with Gasteiger partial charge in [0, 0.05) is 5.56 Å². The van der Waals surface area contributed by atoms with Crippen molar-refractivity contribution in [3.8, 4) is 11.5 Å². The fraction of sp³-hybridized carbons (Fsp3) is 0.278. The van der Waals surface area contributed by atoms with E-state index < -0.39 is 10.0 Å². The smallest absolute Gasteiger partial charge is 0.276 e. The molecule has 134 valence electrons. The molecule has 0 spiro atoms. The molecule has 7 heteroatoms. The predicted octanol–water partition coefficient (Wildman–Crippen LogP) is 3.10. The van der Waals surface area contributed by atoms with Gasteiger partial charge >= 0.3 is 0 Å². The van der Waals surface area contributed by atoms with Crippen LogP contribution >= 0.6 is 0 Å². The van der Waals surface area contributed by atoms with Crippen LogP contribution in [-0.2, 0) is 15.4 Å². The van der Waals surface area contributed by atoms with Gasteiger partial charge in [-0.2, -0.15) is 18.4 Å². The maximum Gasteiger partial charge on any atom is 0.276 e. The van der Waals surface area contributed by atoms with Crippen molar-refractivity contribution in [3.05, 3.63) is 53.6 Å². The Bertz CT molecular complexity index is 896. The molecular formula is C18H22N2O4S. The lowest BCUT2D eigenvalue weighted by molar-refractivity contribution is 0.459. The molecule has 2 rings (SSSR count). The molecule has 0 unspecified atom stereocenters. The van der Waals surface area contributed by atoms with Crippen molar-refractivity contribution in [2.75, 3.05) is 0 Å². The molecule has 0 radical (unpaired) electrons. The maximum atomic E-state index is 12.4. The molecule has 0 bridgehead atoms. The van der Waals surface area contributed by atoms with Gasteiger partial charge in [0.25, 0.3) is 10.0 Å². The second-order valence-electron chi connectivity index (χ2n) is 6.77. The summed E-state index contributed by atoms with van der Waals surface area (Å²) in [4.78, 5) is 2.24. The highest BCUT2D eigenvalue weighted by molar-refractivity contribution is 7.89. The highest BCUT2D eigenvalue weighted by Gasteiger charge is 2.17. The minimum absolute atomic E-state index is 0.0528. The standard InChI is InChI=1S/C18H22N2O4S/c1-12(16-11-14(21)7-10-17(16)22)19-20-25(23,24)15-8-5-13(6-9-15)18(2,3)4/h5-11,20-22H,1-4H3/b19-12-. The summed E-state index contributed by atoms with van der Waals surface area (Å²) in [5.74, 6) is -0.157. The number of nitrogens with one attached hydrogen (secondary N) is 1. The molecule has 0 atom stereocenters. The predicted molar refractivity (Wildman–Crippen MR) is 97.4 cm³/mol. The van der Waals surface area contributed by atoms with E-state index in [9.17, 15) is 18.6 Å². The van der Waals surface area contributed by atoms with Gasteiger partial charge in [0.2, 0.25) is 0 Å². The van der Waals surface area contributed by atoms with E-state index in [0.717, 1.165) is 5.56 Å². The van der Waals surface area contributed by atoms with E-state index in [4.69, 9.17) is 0 Å². The highest BCUT2D eigenvalue weighted by atomic mass is 32.2. The number of phenols is 2. The SMILES string of the molecule is C/C(=N/NS(=O)(=O)c1ccc(C(C)(C)C)cc1)c1cc(O)ccc1O. The summed E-state index contributed by atoms with van der Waals surface area (Å²) < 4.78 is 24.7. The zero-order valence-corrected chi connectivity index (χ0v) is 15.4. The number of nitrogens with zero attached hydrogens (tertiary/aromatic N) is 1. The lowest BCUT2D eigenvalue weighted by atomic mass is 9.87. The summed E-state index contributed by atoms with van der Waals surface area (Å²) in [6.45, 7) is 7.66. The molecule has 0 aliphatic heterocycles. The summed E-state index contributed by atoms with van der Waals surface area (Å²) >= 11 is 0. The van der Waals surface area contributed by atoms with E-state index >= 15 is 0 Å². The van der Waals surface area contributed by atoms with Crippen LogP contribution in [0.5, 0.6) is 11.5 Å². The van der Waals surface area contributed by atoms with E-state index in [1.54, 1.807) is 12.1 Å². The zero-order valence-electron chi connectivity index (χ0n) is 14.6. The van der Waals surface area contributed by atoms with Gasteiger partial charge in [-0.05, 0) is 48.2 Å². The maximum absolute atomic E-state index is 12.4. The number of aromatic hydroxyl groups is 2. The summed E-state index contributed by atoms with van der Waals surface area (Å²) in [5, 5.41) is 23.1. The Hall–Kier alpha value is -2.54. The van der Waals surface area contributed by atoms with Crippen LogP contribution in [0.1, 0.15) is 38.8 Å². The van der Waals surface area contributed by atoms with Crippen LogP contribution in [-0.4, -0.2) is 24.3 Å². The first-order valence-corrected chi connectivity index (χ1v) is 9.18. The van der Waals surface area contributed by atoms with Gasteiger partial charge in [-0.15, -0.1) is 0 Å². The first-order valence-electron chi connectivity index (χ1n) is 7.70. The van der Waals surface area contributed by atoms with Crippen LogP contribution in [0.25, 0.3) is 0 Å². The van der Waals surface area contributed by atoms with Crippen LogP contribution < -0.4 is 4.83 Å². The number of benzene rings is 2. The van der Waals surface area contributed by atoms with Crippen LogP contribution in [0.3, 0.4) is 0 Å². The highest BCUT2D eigenvalue weighted by Crippen LogP contribution is 2.24. The Morgan fingerprint density at radius 3 is 2.20 bits per heavy atom. The van der Waals surface area contributed by atoms with Gasteiger partial charge in [-0.1, -0.05) is 32.9 Å². The lowest BCUT2D eigenvalue weighted by Gasteiger charge is -2.19. The molecule has 2 aromatic rings. The largest absolute Gasteiger partial charge is 0.508 e. The average molecular weight is 362 g/mol. The average Bonchev–Trinajstić information content (AvgIpc) is 2.54. The first-order chi connectivity index (χ1) is 11.5. The van der Waals surface area contributed by atoms with Crippen LogP contribution in [0.4, 0.5) is 0 Å². The van der Waals surface area contributed by atoms with Gasteiger partial charge in [0.1, 0.15) is 11.5 Å². The molecule has 0 amide bonds. The fourth-order valence-corrected chi connectivity index (χ4v) is 3.05. The number of sulfonamides is 1. The third-order valence-corrected chi connectivity index (χ3v) is 4.96. The molecule has 6 nitrogen and oxygen atoms in total. The van der Waals surface area contributed by atoms with Gasteiger partial charge in [0.05, 0.1) is 10.6 Å². The molecule has 0 fully saturated rings. The summed E-state index contributed by atoms with van der Waals surface area (Å²) in [7, 11) is -3.83. The number of hydrogen-bond acceptors (Lipinski definition) is 5. The van der Waals surface area contributed by atoms with Gasteiger partial charge in [0.15, 0.2) is 0 Å². The Labute approximate surface area is 147 Å².